The summed E-state index contributed by atoms with van der Waals surface area (Å²) < 4.78 is 6.02. The molecule has 0 radical (unpaired) electrons. The number of hydrogen-bond acceptors (Lipinski definition) is 6. The van der Waals surface area contributed by atoms with Crippen LogP contribution in [0.3, 0.4) is 0 Å². The maximum atomic E-state index is 12.2. The zero-order valence-electron chi connectivity index (χ0n) is 12.7. The van der Waals surface area contributed by atoms with E-state index in [-0.39, 0.29) is 11.6 Å². The van der Waals surface area contributed by atoms with Gasteiger partial charge in [0.05, 0.1) is 19.0 Å². The normalized spacial score (nSPS) is 10.2. The molecule has 0 bridgehead atoms. The van der Waals surface area contributed by atoms with Crippen LogP contribution in [0, 0.1) is 0 Å². The number of ether oxygens (including phenoxy) is 1. The minimum absolute atomic E-state index is 0.101. The molecular weight excluding hydrogens is 310 g/mol. The van der Waals surface area contributed by atoms with E-state index >= 15 is 0 Å². The van der Waals surface area contributed by atoms with Crippen molar-refractivity contribution in [1.82, 2.24) is 20.0 Å². The zero-order chi connectivity index (χ0) is 16.9. The first-order chi connectivity index (χ1) is 11.7. The molecule has 0 atom stereocenters. The molecule has 3 aromatic rings. The van der Waals surface area contributed by atoms with Crippen molar-refractivity contribution in [3.8, 4) is 5.69 Å². The summed E-state index contributed by atoms with van der Waals surface area (Å²) in [7, 11) is 1.27. The quantitative estimate of drug-likeness (QED) is 0.734. The Bertz CT molecular complexity index is 876. The smallest absolute Gasteiger partial charge is 0.360 e. The van der Waals surface area contributed by atoms with Crippen LogP contribution in [-0.2, 0) is 4.74 Å². The molecule has 8 nitrogen and oxygen atoms in total. The molecule has 3 rings (SSSR count). The summed E-state index contributed by atoms with van der Waals surface area (Å²) in [6, 6.07) is 10.3. The molecule has 0 spiro atoms. The second kappa shape index (κ2) is 6.69. The zero-order valence-corrected chi connectivity index (χ0v) is 12.7. The number of nitrogens with zero attached hydrogens (tertiary/aromatic N) is 4. The van der Waals surface area contributed by atoms with Crippen LogP contribution in [-0.4, -0.2) is 39.0 Å². The van der Waals surface area contributed by atoms with Crippen LogP contribution >= 0.6 is 0 Å². The van der Waals surface area contributed by atoms with E-state index in [0.717, 1.165) is 0 Å². The highest BCUT2D eigenvalue weighted by Gasteiger charge is 2.12. The van der Waals surface area contributed by atoms with Crippen molar-refractivity contribution in [2.45, 2.75) is 0 Å². The summed E-state index contributed by atoms with van der Waals surface area (Å²) >= 11 is 0. The molecule has 0 aliphatic carbocycles. The Morgan fingerprint density at radius 3 is 2.71 bits per heavy atom. The number of nitrogens with one attached hydrogen (secondary N) is 1. The van der Waals surface area contributed by atoms with Crippen molar-refractivity contribution < 1.29 is 14.3 Å². The van der Waals surface area contributed by atoms with Gasteiger partial charge in [-0.2, -0.15) is 0 Å². The van der Waals surface area contributed by atoms with Crippen molar-refractivity contribution in [3.63, 3.8) is 0 Å². The molecular formula is C16H13N5O3. The second-order valence-electron chi connectivity index (χ2n) is 4.78. The van der Waals surface area contributed by atoms with E-state index < -0.39 is 5.97 Å². The van der Waals surface area contributed by atoms with Crippen LogP contribution in [0.1, 0.15) is 20.8 Å². The SMILES string of the molecule is COC(=O)c1cn(-c2cccc(NC(=O)c3ccncc3)c2)nn1. The number of hydrogen-bond donors (Lipinski definition) is 1. The van der Waals surface area contributed by atoms with Crippen LogP contribution in [0.2, 0.25) is 0 Å². The van der Waals surface area contributed by atoms with Gasteiger partial charge in [-0.15, -0.1) is 5.10 Å². The number of carbonyl (C=O) groups excluding carboxylic acids is 2. The number of esters is 1. The van der Waals surface area contributed by atoms with Crippen LogP contribution < -0.4 is 5.32 Å². The van der Waals surface area contributed by atoms with Crippen molar-refractivity contribution in [1.29, 1.82) is 0 Å². The van der Waals surface area contributed by atoms with Gasteiger partial charge in [-0.1, -0.05) is 11.3 Å². The number of anilines is 1. The molecule has 1 amide bonds. The van der Waals surface area contributed by atoms with E-state index in [2.05, 4.69) is 25.3 Å². The Balaban J connectivity index is 1.80. The Kier molecular flexibility index (Phi) is 4.28. The summed E-state index contributed by atoms with van der Waals surface area (Å²) in [5.41, 5.74) is 1.84. The van der Waals surface area contributed by atoms with Gasteiger partial charge in [0.1, 0.15) is 0 Å². The first-order valence-corrected chi connectivity index (χ1v) is 7.00. The maximum Gasteiger partial charge on any atom is 0.360 e. The van der Waals surface area contributed by atoms with Crippen molar-refractivity contribution >= 4 is 17.6 Å². The number of methoxy groups -OCH3 is 1. The highest BCUT2D eigenvalue weighted by Crippen LogP contribution is 2.15. The molecule has 24 heavy (non-hydrogen) atoms. The van der Waals surface area contributed by atoms with E-state index in [4.69, 9.17) is 0 Å². The fourth-order valence-electron chi connectivity index (χ4n) is 2.02. The van der Waals surface area contributed by atoms with Crippen LogP contribution in [0.15, 0.2) is 55.0 Å². The third-order valence-corrected chi connectivity index (χ3v) is 3.20. The minimum atomic E-state index is -0.566. The summed E-state index contributed by atoms with van der Waals surface area (Å²) in [4.78, 5) is 27.5. The summed E-state index contributed by atoms with van der Waals surface area (Å²) in [5, 5.41) is 10.4. The van der Waals surface area contributed by atoms with Crippen molar-refractivity contribution in [2.24, 2.45) is 0 Å². The lowest BCUT2D eigenvalue weighted by Gasteiger charge is -2.07. The molecule has 1 N–H and O–H groups in total. The minimum Gasteiger partial charge on any atom is -0.464 e. The fraction of sp³-hybridized carbons (Fsp3) is 0.0625. The molecule has 0 aliphatic heterocycles. The molecule has 1 aromatic carbocycles. The number of benzene rings is 1. The third kappa shape index (κ3) is 3.27. The van der Waals surface area contributed by atoms with E-state index in [1.807, 2.05) is 0 Å². The summed E-state index contributed by atoms with van der Waals surface area (Å²) in [6.45, 7) is 0. The Morgan fingerprint density at radius 2 is 1.96 bits per heavy atom. The van der Waals surface area contributed by atoms with Gasteiger partial charge in [0, 0.05) is 23.6 Å². The van der Waals surface area contributed by atoms with Gasteiger partial charge >= 0.3 is 5.97 Å². The van der Waals surface area contributed by atoms with E-state index in [0.29, 0.717) is 16.9 Å². The van der Waals surface area contributed by atoms with Gasteiger partial charge in [-0.05, 0) is 30.3 Å². The summed E-state index contributed by atoms with van der Waals surface area (Å²) in [5.74, 6) is -0.813. The highest BCUT2D eigenvalue weighted by atomic mass is 16.5. The van der Waals surface area contributed by atoms with Gasteiger partial charge in [0.15, 0.2) is 5.69 Å². The molecule has 0 aliphatic rings. The molecule has 120 valence electrons. The fourth-order valence-corrected chi connectivity index (χ4v) is 2.02. The topological polar surface area (TPSA) is 99.0 Å². The number of amides is 1. The number of rotatable bonds is 4. The Hall–Kier alpha value is -3.55. The summed E-state index contributed by atoms with van der Waals surface area (Å²) in [6.07, 6.45) is 4.56. The molecule has 0 saturated heterocycles. The second-order valence-corrected chi connectivity index (χ2v) is 4.78. The molecule has 8 heteroatoms. The Labute approximate surface area is 137 Å². The number of aromatic nitrogens is 4. The highest BCUT2D eigenvalue weighted by molar-refractivity contribution is 6.04. The molecule has 0 fully saturated rings. The van der Waals surface area contributed by atoms with Crippen LogP contribution in [0.25, 0.3) is 5.69 Å². The predicted molar refractivity (Wildman–Crippen MR) is 84.9 cm³/mol. The number of pyridine rings is 1. The van der Waals surface area contributed by atoms with Crippen LogP contribution in [0.4, 0.5) is 5.69 Å². The van der Waals surface area contributed by atoms with Crippen molar-refractivity contribution in [3.05, 3.63) is 66.2 Å². The first kappa shape index (κ1) is 15.3. The largest absolute Gasteiger partial charge is 0.464 e. The molecule has 0 saturated carbocycles. The van der Waals surface area contributed by atoms with Crippen molar-refractivity contribution in [2.75, 3.05) is 12.4 Å². The van der Waals surface area contributed by atoms with Gasteiger partial charge in [0.2, 0.25) is 0 Å². The van der Waals surface area contributed by atoms with E-state index in [1.165, 1.54) is 18.0 Å². The lowest BCUT2D eigenvalue weighted by atomic mass is 10.2. The van der Waals surface area contributed by atoms with Gasteiger partial charge < -0.3 is 10.1 Å². The standard InChI is InChI=1S/C16H13N5O3/c1-24-16(23)14-10-21(20-19-14)13-4-2-3-12(9-13)18-15(22)11-5-7-17-8-6-11/h2-10H,1H3,(H,18,22). The van der Waals surface area contributed by atoms with Crippen LogP contribution in [0.5, 0.6) is 0 Å². The van der Waals surface area contributed by atoms with Gasteiger partial charge in [0.25, 0.3) is 5.91 Å². The lowest BCUT2D eigenvalue weighted by molar-refractivity contribution is 0.0594. The Morgan fingerprint density at radius 1 is 1.17 bits per heavy atom. The number of carbonyl (C=O) groups is 2. The van der Waals surface area contributed by atoms with E-state index in [9.17, 15) is 9.59 Å². The molecule has 2 aromatic heterocycles. The van der Waals surface area contributed by atoms with Gasteiger partial charge in [-0.3, -0.25) is 9.78 Å². The van der Waals surface area contributed by atoms with E-state index in [1.54, 1.807) is 48.8 Å². The lowest BCUT2D eigenvalue weighted by Crippen LogP contribution is -2.12. The molecule has 2 heterocycles. The predicted octanol–water partition coefficient (Wildman–Crippen LogP) is 1.70. The van der Waals surface area contributed by atoms with Gasteiger partial charge in [-0.25, -0.2) is 9.48 Å². The first-order valence-electron chi connectivity index (χ1n) is 7.00. The maximum absolute atomic E-state index is 12.2. The monoisotopic (exact) mass is 323 g/mol. The molecule has 0 unspecified atom stereocenters. The average Bonchev–Trinajstić information content (AvgIpc) is 3.12. The third-order valence-electron chi connectivity index (χ3n) is 3.20. The average molecular weight is 323 g/mol.